The molecule has 2 atom stereocenters. The lowest BCUT2D eigenvalue weighted by molar-refractivity contribution is -0.150. The Bertz CT molecular complexity index is 204. The summed E-state index contributed by atoms with van der Waals surface area (Å²) >= 11 is 0. The van der Waals surface area contributed by atoms with Crippen LogP contribution in [0.15, 0.2) is 17.9 Å². The molecule has 60 valence electrons. The molecule has 2 heteroatoms. The van der Waals surface area contributed by atoms with E-state index in [1.807, 2.05) is 0 Å². The molecule has 2 fully saturated rings. The highest BCUT2D eigenvalue weighted by molar-refractivity contribution is 5.10. The predicted octanol–water partition coefficient (Wildman–Crippen LogP) is 1.48. The summed E-state index contributed by atoms with van der Waals surface area (Å²) in [5.41, 5.74) is 4.11. The lowest BCUT2D eigenvalue weighted by atomic mass is 9.95. The summed E-state index contributed by atoms with van der Waals surface area (Å²) in [6.45, 7) is 5.14. The number of rotatable bonds is 0. The third kappa shape index (κ3) is 1.14. The average Bonchev–Trinajstić information content (AvgIpc) is 2.47. The van der Waals surface area contributed by atoms with Gasteiger partial charge in [0.05, 0.1) is 6.61 Å². The lowest BCUT2D eigenvalue weighted by Crippen LogP contribution is -2.26. The largest absolute Gasteiger partial charge is 0.352 e. The highest BCUT2D eigenvalue weighted by atomic mass is 16.7. The Hall–Kier alpha value is -0.560. The molecule has 0 unspecified atom stereocenters. The van der Waals surface area contributed by atoms with Crippen LogP contribution in [0.1, 0.15) is 12.8 Å². The highest BCUT2D eigenvalue weighted by Crippen LogP contribution is 2.33. The van der Waals surface area contributed by atoms with Crippen molar-refractivity contribution in [2.75, 3.05) is 13.2 Å². The molecule has 11 heavy (non-hydrogen) atoms. The van der Waals surface area contributed by atoms with Crippen molar-refractivity contribution in [3.8, 4) is 0 Å². The third-order valence-electron chi connectivity index (χ3n) is 2.35. The molecule has 0 radical (unpaired) electrons. The molecule has 0 aromatic carbocycles. The fourth-order valence-corrected chi connectivity index (χ4v) is 1.72. The number of hydrogen-bond donors (Lipinski definition) is 0. The summed E-state index contributed by atoms with van der Waals surface area (Å²) in [6, 6.07) is 0. The minimum Gasteiger partial charge on any atom is -0.352 e. The van der Waals surface area contributed by atoms with Crippen LogP contribution in [0.5, 0.6) is 0 Å². The molecule has 2 heterocycles. The molecule has 2 aliphatic rings. The quantitative estimate of drug-likeness (QED) is 0.489. The van der Waals surface area contributed by atoms with E-state index in [0.29, 0.717) is 12.5 Å². The summed E-state index contributed by atoms with van der Waals surface area (Å²) in [4.78, 5) is 0. The van der Waals surface area contributed by atoms with Gasteiger partial charge in [-0.2, -0.15) is 0 Å². The maximum atomic E-state index is 5.42. The van der Waals surface area contributed by atoms with Gasteiger partial charge in [-0.25, -0.2) is 0 Å². The third-order valence-corrected chi connectivity index (χ3v) is 2.35. The van der Waals surface area contributed by atoms with E-state index in [4.69, 9.17) is 9.47 Å². The van der Waals surface area contributed by atoms with E-state index in [0.717, 1.165) is 13.0 Å². The van der Waals surface area contributed by atoms with Gasteiger partial charge >= 0.3 is 0 Å². The van der Waals surface area contributed by atoms with Crippen LogP contribution in [0.25, 0.3) is 0 Å². The van der Waals surface area contributed by atoms with Gasteiger partial charge < -0.3 is 9.47 Å². The van der Waals surface area contributed by atoms with Crippen molar-refractivity contribution in [2.45, 2.75) is 19.1 Å². The van der Waals surface area contributed by atoms with Gasteiger partial charge in [-0.05, 0) is 12.8 Å². The molecule has 0 spiro atoms. The first kappa shape index (κ1) is 7.11. The SMILES string of the molecule is C=C=C1CO[C@@H]2OCCC[C@H]12. The fraction of sp³-hybridized carbons (Fsp3) is 0.667. The summed E-state index contributed by atoms with van der Waals surface area (Å²) < 4.78 is 10.8. The van der Waals surface area contributed by atoms with Crippen molar-refractivity contribution in [1.29, 1.82) is 0 Å². The molecule has 0 N–H and O–H groups in total. The summed E-state index contributed by atoms with van der Waals surface area (Å²) in [5.74, 6) is 0.446. The van der Waals surface area contributed by atoms with Crippen LogP contribution in [0.3, 0.4) is 0 Å². The molecular weight excluding hydrogens is 140 g/mol. The standard InChI is InChI=1S/C9H12O2/c1-2-7-6-11-9-8(7)4-3-5-10-9/h8-9H,1,3-6H2/t8-,9+/m1/s1. The Kier molecular flexibility index (Phi) is 1.82. The van der Waals surface area contributed by atoms with Crippen molar-refractivity contribution < 1.29 is 9.47 Å². The van der Waals surface area contributed by atoms with Crippen LogP contribution >= 0.6 is 0 Å². The van der Waals surface area contributed by atoms with Crippen LogP contribution in [-0.4, -0.2) is 19.5 Å². The summed E-state index contributed by atoms with van der Waals surface area (Å²) in [6.07, 6.45) is 2.31. The fourth-order valence-electron chi connectivity index (χ4n) is 1.72. The second-order valence-electron chi connectivity index (χ2n) is 3.00. The number of ether oxygens (including phenoxy) is 2. The summed E-state index contributed by atoms with van der Waals surface area (Å²) in [7, 11) is 0. The molecule has 2 saturated heterocycles. The molecule has 2 nitrogen and oxygen atoms in total. The zero-order chi connectivity index (χ0) is 7.68. The number of fused-ring (bicyclic) bond motifs is 1. The normalized spacial score (nSPS) is 36.5. The van der Waals surface area contributed by atoms with E-state index in [9.17, 15) is 0 Å². The molecule has 0 aromatic rings. The lowest BCUT2D eigenvalue weighted by Gasteiger charge is -2.23. The maximum Gasteiger partial charge on any atom is 0.165 e. The smallest absolute Gasteiger partial charge is 0.165 e. The van der Waals surface area contributed by atoms with Gasteiger partial charge in [-0.1, -0.05) is 6.58 Å². The average molecular weight is 152 g/mol. The van der Waals surface area contributed by atoms with E-state index >= 15 is 0 Å². The van der Waals surface area contributed by atoms with E-state index in [2.05, 4.69) is 12.3 Å². The zero-order valence-corrected chi connectivity index (χ0v) is 6.51. The van der Waals surface area contributed by atoms with Crippen LogP contribution in [0.2, 0.25) is 0 Å². The first-order chi connectivity index (χ1) is 5.42. The van der Waals surface area contributed by atoms with Crippen LogP contribution < -0.4 is 0 Å². The van der Waals surface area contributed by atoms with Gasteiger partial charge in [-0.15, -0.1) is 5.73 Å². The Labute approximate surface area is 66.5 Å². The molecule has 0 saturated carbocycles. The van der Waals surface area contributed by atoms with E-state index in [-0.39, 0.29) is 6.29 Å². The Morgan fingerprint density at radius 2 is 2.36 bits per heavy atom. The van der Waals surface area contributed by atoms with Crippen molar-refractivity contribution in [2.24, 2.45) is 5.92 Å². The molecule has 0 bridgehead atoms. The van der Waals surface area contributed by atoms with Gasteiger partial charge in [0.15, 0.2) is 6.29 Å². The first-order valence-electron chi connectivity index (χ1n) is 4.04. The molecule has 2 rings (SSSR count). The second kappa shape index (κ2) is 2.82. The van der Waals surface area contributed by atoms with Crippen LogP contribution in [0, 0.1) is 5.92 Å². The van der Waals surface area contributed by atoms with Crippen molar-refractivity contribution in [3.05, 3.63) is 17.9 Å². The second-order valence-corrected chi connectivity index (χ2v) is 3.00. The van der Waals surface area contributed by atoms with Gasteiger partial charge in [0.2, 0.25) is 0 Å². The summed E-state index contributed by atoms with van der Waals surface area (Å²) in [5, 5.41) is 0. The predicted molar refractivity (Wildman–Crippen MR) is 41.1 cm³/mol. The van der Waals surface area contributed by atoms with Crippen molar-refractivity contribution in [1.82, 2.24) is 0 Å². The minimum atomic E-state index is 0.00741. The topological polar surface area (TPSA) is 18.5 Å². The number of hydrogen-bond acceptors (Lipinski definition) is 2. The molecular formula is C9H12O2. The van der Waals surface area contributed by atoms with Crippen molar-refractivity contribution >= 4 is 0 Å². The first-order valence-corrected chi connectivity index (χ1v) is 4.04. The van der Waals surface area contributed by atoms with Gasteiger partial charge in [0.1, 0.15) is 0 Å². The van der Waals surface area contributed by atoms with Crippen molar-refractivity contribution in [3.63, 3.8) is 0 Å². The minimum absolute atomic E-state index is 0.00741. The van der Waals surface area contributed by atoms with Gasteiger partial charge in [0, 0.05) is 18.1 Å². The highest BCUT2D eigenvalue weighted by Gasteiger charge is 2.35. The van der Waals surface area contributed by atoms with E-state index in [1.54, 1.807) is 0 Å². The Morgan fingerprint density at radius 1 is 1.45 bits per heavy atom. The Balaban J connectivity index is 2.16. The monoisotopic (exact) mass is 152 g/mol. The van der Waals surface area contributed by atoms with E-state index in [1.165, 1.54) is 12.0 Å². The zero-order valence-electron chi connectivity index (χ0n) is 6.51. The molecule has 0 aromatic heterocycles. The van der Waals surface area contributed by atoms with Crippen LogP contribution in [0.4, 0.5) is 0 Å². The maximum absolute atomic E-state index is 5.42. The molecule has 0 amide bonds. The van der Waals surface area contributed by atoms with Gasteiger partial charge in [0.25, 0.3) is 0 Å². The van der Waals surface area contributed by atoms with E-state index < -0.39 is 0 Å². The van der Waals surface area contributed by atoms with Gasteiger partial charge in [-0.3, -0.25) is 0 Å². The molecule has 2 aliphatic heterocycles. The molecule has 0 aliphatic carbocycles. The van der Waals surface area contributed by atoms with Crippen LogP contribution in [-0.2, 0) is 9.47 Å². The Morgan fingerprint density at radius 3 is 3.18 bits per heavy atom.